The molecule has 0 radical (unpaired) electrons. The zero-order valence-corrected chi connectivity index (χ0v) is 15.7. The molecule has 1 heterocycles. The topological polar surface area (TPSA) is 53.2 Å². The molecule has 4 nitrogen and oxygen atoms in total. The van der Waals surface area contributed by atoms with E-state index in [4.69, 9.17) is 0 Å². The van der Waals surface area contributed by atoms with Crippen LogP contribution in [-0.4, -0.2) is 10.9 Å². The molecule has 3 rings (SSSR count). The highest BCUT2D eigenvalue weighted by molar-refractivity contribution is 5.94. The quantitative estimate of drug-likeness (QED) is 0.763. The van der Waals surface area contributed by atoms with E-state index in [1.54, 1.807) is 4.90 Å². The van der Waals surface area contributed by atoms with Crippen LogP contribution >= 0.6 is 0 Å². The molecule has 0 aliphatic rings. The fourth-order valence-corrected chi connectivity index (χ4v) is 2.99. The zero-order chi connectivity index (χ0) is 18.8. The maximum absolute atomic E-state index is 12.8. The number of amides is 1. The van der Waals surface area contributed by atoms with Crippen molar-refractivity contribution in [2.45, 2.75) is 34.2 Å². The first kappa shape index (κ1) is 17.9. The molecule has 0 bridgehead atoms. The minimum atomic E-state index is -0.157. The standard InChI is InChI=1S/C22H24N2O2/c1-14(2)22(26)24(19-8-5-15(3)6-9-19)13-18-12-17-11-16(4)7-10-20(17)23-21(18)25/h5-12,14H,13H2,1-4H3,(H,23,25). The number of aryl methyl sites for hydroxylation is 2. The predicted molar refractivity (Wildman–Crippen MR) is 107 cm³/mol. The lowest BCUT2D eigenvalue weighted by Crippen LogP contribution is -2.35. The number of pyridine rings is 1. The fraction of sp³-hybridized carbons (Fsp3) is 0.273. The minimum Gasteiger partial charge on any atom is -0.322 e. The van der Waals surface area contributed by atoms with Crippen LogP contribution in [-0.2, 0) is 11.3 Å². The second-order valence-electron chi connectivity index (χ2n) is 7.13. The van der Waals surface area contributed by atoms with Gasteiger partial charge in [0.25, 0.3) is 5.56 Å². The summed E-state index contributed by atoms with van der Waals surface area (Å²) in [5, 5.41) is 0.973. The second-order valence-corrected chi connectivity index (χ2v) is 7.13. The lowest BCUT2D eigenvalue weighted by molar-refractivity contribution is -0.121. The van der Waals surface area contributed by atoms with Gasteiger partial charge in [-0.3, -0.25) is 9.59 Å². The molecule has 0 unspecified atom stereocenters. The molecule has 0 saturated carbocycles. The highest BCUT2D eigenvalue weighted by atomic mass is 16.2. The smallest absolute Gasteiger partial charge is 0.253 e. The van der Waals surface area contributed by atoms with Gasteiger partial charge in [-0.15, -0.1) is 0 Å². The normalized spacial score (nSPS) is 11.1. The first-order valence-corrected chi connectivity index (χ1v) is 8.86. The van der Waals surface area contributed by atoms with Crippen LogP contribution in [0.5, 0.6) is 0 Å². The Kier molecular flexibility index (Phi) is 4.94. The van der Waals surface area contributed by atoms with Crippen LogP contribution in [0.4, 0.5) is 5.69 Å². The summed E-state index contributed by atoms with van der Waals surface area (Å²) < 4.78 is 0. The monoisotopic (exact) mass is 348 g/mol. The predicted octanol–water partition coefficient (Wildman–Crippen LogP) is 4.33. The Morgan fingerprint density at radius 1 is 1.00 bits per heavy atom. The third-order valence-corrected chi connectivity index (χ3v) is 4.51. The van der Waals surface area contributed by atoms with Crippen molar-refractivity contribution in [1.29, 1.82) is 0 Å². The van der Waals surface area contributed by atoms with Crippen LogP contribution in [0.3, 0.4) is 0 Å². The molecule has 4 heteroatoms. The van der Waals surface area contributed by atoms with Gasteiger partial charge in [0.15, 0.2) is 0 Å². The molecule has 1 N–H and O–H groups in total. The van der Waals surface area contributed by atoms with Gasteiger partial charge in [-0.2, -0.15) is 0 Å². The van der Waals surface area contributed by atoms with E-state index in [0.29, 0.717) is 5.56 Å². The van der Waals surface area contributed by atoms with Gasteiger partial charge in [-0.05, 0) is 49.6 Å². The Morgan fingerprint density at radius 2 is 1.65 bits per heavy atom. The summed E-state index contributed by atoms with van der Waals surface area (Å²) in [7, 11) is 0. The van der Waals surface area contributed by atoms with E-state index in [0.717, 1.165) is 27.7 Å². The van der Waals surface area contributed by atoms with Crippen LogP contribution in [0.1, 0.15) is 30.5 Å². The first-order valence-electron chi connectivity index (χ1n) is 8.86. The Bertz CT molecular complexity index is 1000. The van der Waals surface area contributed by atoms with Crippen LogP contribution in [0, 0.1) is 19.8 Å². The molecule has 0 fully saturated rings. The second kappa shape index (κ2) is 7.16. The van der Waals surface area contributed by atoms with E-state index >= 15 is 0 Å². The lowest BCUT2D eigenvalue weighted by Gasteiger charge is -2.25. The average molecular weight is 348 g/mol. The van der Waals surface area contributed by atoms with Gasteiger partial charge in [0.05, 0.1) is 6.54 Å². The van der Waals surface area contributed by atoms with E-state index in [1.165, 1.54) is 0 Å². The molecule has 26 heavy (non-hydrogen) atoms. The van der Waals surface area contributed by atoms with Gasteiger partial charge in [0.2, 0.25) is 5.91 Å². The molecule has 0 aliphatic heterocycles. The third kappa shape index (κ3) is 3.69. The first-order chi connectivity index (χ1) is 12.3. The molecular formula is C22H24N2O2. The van der Waals surface area contributed by atoms with Crippen molar-refractivity contribution in [2.75, 3.05) is 4.90 Å². The number of aromatic amines is 1. The summed E-state index contributed by atoms with van der Waals surface area (Å²) >= 11 is 0. The third-order valence-electron chi connectivity index (χ3n) is 4.51. The maximum atomic E-state index is 12.8. The molecular weight excluding hydrogens is 324 g/mol. The molecule has 0 aliphatic carbocycles. The van der Waals surface area contributed by atoms with Crippen molar-refractivity contribution in [3.63, 3.8) is 0 Å². The summed E-state index contributed by atoms with van der Waals surface area (Å²) in [6.07, 6.45) is 0. The summed E-state index contributed by atoms with van der Waals surface area (Å²) in [5.74, 6) is -0.157. The number of anilines is 1. The van der Waals surface area contributed by atoms with Gasteiger partial charge < -0.3 is 9.88 Å². The zero-order valence-electron chi connectivity index (χ0n) is 15.7. The van der Waals surface area contributed by atoms with Gasteiger partial charge in [0.1, 0.15) is 0 Å². The van der Waals surface area contributed by atoms with E-state index < -0.39 is 0 Å². The number of hydrogen-bond acceptors (Lipinski definition) is 2. The van der Waals surface area contributed by atoms with E-state index in [1.807, 2.05) is 76.2 Å². The summed E-state index contributed by atoms with van der Waals surface area (Å²) in [4.78, 5) is 29.9. The molecule has 0 spiro atoms. The van der Waals surface area contributed by atoms with Crippen molar-refractivity contribution in [3.8, 4) is 0 Å². The summed E-state index contributed by atoms with van der Waals surface area (Å²) in [5.41, 5.74) is 4.29. The van der Waals surface area contributed by atoms with Crippen LogP contribution in [0.15, 0.2) is 53.3 Å². The molecule has 3 aromatic rings. The van der Waals surface area contributed by atoms with Crippen LogP contribution in [0.2, 0.25) is 0 Å². The Balaban J connectivity index is 2.04. The largest absolute Gasteiger partial charge is 0.322 e. The molecule has 134 valence electrons. The number of aromatic nitrogens is 1. The molecule has 1 amide bonds. The van der Waals surface area contributed by atoms with Gasteiger partial charge in [0, 0.05) is 22.7 Å². The van der Waals surface area contributed by atoms with Crippen molar-refractivity contribution < 1.29 is 4.79 Å². The average Bonchev–Trinajstić information content (AvgIpc) is 2.60. The van der Waals surface area contributed by atoms with Crippen LogP contribution in [0.25, 0.3) is 10.9 Å². The number of nitrogens with one attached hydrogen (secondary N) is 1. The van der Waals surface area contributed by atoms with Gasteiger partial charge in [-0.1, -0.05) is 43.2 Å². The van der Waals surface area contributed by atoms with Crippen LogP contribution < -0.4 is 10.5 Å². The number of rotatable bonds is 4. The fourth-order valence-electron chi connectivity index (χ4n) is 2.99. The number of carbonyl (C=O) groups is 1. The number of fused-ring (bicyclic) bond motifs is 1. The van der Waals surface area contributed by atoms with Gasteiger partial charge >= 0.3 is 0 Å². The molecule has 0 saturated heterocycles. The minimum absolute atomic E-state index is 0.00223. The van der Waals surface area contributed by atoms with E-state index in [9.17, 15) is 9.59 Å². The summed E-state index contributed by atoms with van der Waals surface area (Å²) in [6, 6.07) is 15.6. The number of carbonyl (C=O) groups excluding carboxylic acids is 1. The number of H-pyrrole nitrogens is 1. The Hall–Kier alpha value is -2.88. The highest BCUT2D eigenvalue weighted by Crippen LogP contribution is 2.21. The van der Waals surface area contributed by atoms with Crippen molar-refractivity contribution in [3.05, 3.63) is 75.6 Å². The van der Waals surface area contributed by atoms with Crippen molar-refractivity contribution in [2.24, 2.45) is 5.92 Å². The van der Waals surface area contributed by atoms with Crippen molar-refractivity contribution >= 4 is 22.5 Å². The van der Waals surface area contributed by atoms with Crippen molar-refractivity contribution in [1.82, 2.24) is 4.98 Å². The number of benzene rings is 2. The van der Waals surface area contributed by atoms with E-state index in [2.05, 4.69) is 4.98 Å². The molecule has 2 aromatic carbocycles. The molecule has 0 atom stereocenters. The summed E-state index contributed by atoms with van der Waals surface area (Å²) in [6.45, 7) is 8.02. The Labute approximate surface area is 153 Å². The number of hydrogen-bond donors (Lipinski definition) is 1. The lowest BCUT2D eigenvalue weighted by atomic mass is 10.1. The van der Waals surface area contributed by atoms with E-state index in [-0.39, 0.29) is 23.9 Å². The molecule has 1 aromatic heterocycles. The Morgan fingerprint density at radius 3 is 2.31 bits per heavy atom. The van der Waals surface area contributed by atoms with Gasteiger partial charge in [-0.25, -0.2) is 0 Å². The maximum Gasteiger partial charge on any atom is 0.253 e. The highest BCUT2D eigenvalue weighted by Gasteiger charge is 2.20. The number of nitrogens with zero attached hydrogens (tertiary/aromatic N) is 1. The SMILES string of the molecule is Cc1ccc(N(Cc2cc3cc(C)ccc3[nH]c2=O)C(=O)C(C)C)cc1.